The molecule has 0 aliphatic carbocycles. The van der Waals surface area contributed by atoms with Crippen LogP contribution in [0.5, 0.6) is 0 Å². The van der Waals surface area contributed by atoms with Gasteiger partial charge in [0.1, 0.15) is 0 Å². The number of nitrogens with one attached hydrogen (secondary N) is 3. The van der Waals surface area contributed by atoms with Crippen molar-refractivity contribution in [2.75, 3.05) is 36.6 Å². The van der Waals surface area contributed by atoms with Gasteiger partial charge in [-0.05, 0) is 80.6 Å². The molecule has 36 heavy (non-hydrogen) atoms. The van der Waals surface area contributed by atoms with Crippen molar-refractivity contribution in [2.45, 2.75) is 45.7 Å². The zero-order valence-corrected chi connectivity index (χ0v) is 21.0. The summed E-state index contributed by atoms with van der Waals surface area (Å²) in [7, 11) is 0. The van der Waals surface area contributed by atoms with Crippen molar-refractivity contribution < 1.29 is 19.1 Å². The van der Waals surface area contributed by atoms with Crippen molar-refractivity contribution in [3.63, 3.8) is 0 Å². The molecule has 0 spiro atoms. The minimum atomic E-state index is -0.299. The van der Waals surface area contributed by atoms with Gasteiger partial charge < -0.3 is 20.3 Å². The first-order valence-corrected chi connectivity index (χ1v) is 12.6. The van der Waals surface area contributed by atoms with Gasteiger partial charge in [0.15, 0.2) is 0 Å². The monoisotopic (exact) mass is 491 g/mol. The van der Waals surface area contributed by atoms with Crippen LogP contribution in [-0.4, -0.2) is 55.1 Å². The van der Waals surface area contributed by atoms with Crippen molar-refractivity contribution in [2.24, 2.45) is 5.92 Å². The number of fused-ring (bicyclic) bond motifs is 3. The fraction of sp³-hybridized carbons (Fsp3) is 0.444. The van der Waals surface area contributed by atoms with Gasteiger partial charge in [-0.15, -0.1) is 0 Å². The Morgan fingerprint density at radius 3 is 2.58 bits per heavy atom. The Labute approximate surface area is 211 Å². The lowest BCUT2D eigenvalue weighted by Gasteiger charge is -2.32. The third-order valence-corrected chi connectivity index (χ3v) is 7.47. The van der Waals surface area contributed by atoms with Crippen LogP contribution in [0.4, 0.5) is 16.2 Å². The number of carbonyl (C=O) groups excluding carboxylic acids is 3. The zero-order valence-electron chi connectivity index (χ0n) is 21.0. The summed E-state index contributed by atoms with van der Waals surface area (Å²) in [6.07, 6.45) is 1.07. The maximum atomic E-state index is 13.3. The molecule has 190 valence electrons. The van der Waals surface area contributed by atoms with E-state index in [-0.39, 0.29) is 35.9 Å². The van der Waals surface area contributed by atoms with Crippen LogP contribution in [0.3, 0.4) is 0 Å². The largest absolute Gasteiger partial charge is 0.450 e. The molecule has 5 rings (SSSR count). The molecule has 3 heterocycles. The highest BCUT2D eigenvalue weighted by Crippen LogP contribution is 2.40. The van der Waals surface area contributed by atoms with Crippen LogP contribution in [0.2, 0.25) is 0 Å². The number of likely N-dealkylation sites (tertiary alicyclic amines) is 1. The van der Waals surface area contributed by atoms with Crippen molar-refractivity contribution >= 4 is 29.3 Å². The predicted octanol–water partition coefficient (Wildman–Crippen LogP) is 3.29. The van der Waals surface area contributed by atoms with Crippen molar-refractivity contribution in [3.8, 4) is 0 Å². The van der Waals surface area contributed by atoms with Crippen LogP contribution in [-0.2, 0) is 9.53 Å². The molecule has 9 nitrogen and oxygen atoms in total. The summed E-state index contributed by atoms with van der Waals surface area (Å²) in [5.74, 6) is -0.390. The Morgan fingerprint density at radius 2 is 1.86 bits per heavy atom. The number of aryl methyl sites for hydroxylation is 2. The highest BCUT2D eigenvalue weighted by Gasteiger charge is 2.44. The van der Waals surface area contributed by atoms with Crippen LogP contribution in [0, 0.1) is 19.8 Å². The second kappa shape index (κ2) is 9.81. The minimum Gasteiger partial charge on any atom is -0.450 e. The van der Waals surface area contributed by atoms with E-state index in [1.54, 1.807) is 16.8 Å². The molecule has 2 aromatic carbocycles. The van der Waals surface area contributed by atoms with E-state index in [0.717, 1.165) is 22.5 Å². The maximum Gasteiger partial charge on any atom is 0.409 e. The van der Waals surface area contributed by atoms with E-state index in [2.05, 4.69) is 23.0 Å². The topological polar surface area (TPSA) is 103 Å². The number of rotatable bonds is 4. The third-order valence-electron chi connectivity index (χ3n) is 7.47. The Bertz CT molecular complexity index is 1190. The molecule has 2 saturated heterocycles. The second-order valence-electron chi connectivity index (χ2n) is 9.77. The van der Waals surface area contributed by atoms with Gasteiger partial charge in [-0.2, -0.15) is 0 Å². The number of hydrogen-bond donors (Lipinski definition) is 3. The SMILES string of the molecule is CCOC(=O)N1CCC(NC(=O)c2ccc3c(c2)C2NN(c4ccc(C)c(C)c4)C(=O)C2CN3)CC1. The number of hydrazine groups is 1. The van der Waals surface area contributed by atoms with E-state index < -0.39 is 0 Å². The molecule has 0 bridgehead atoms. The number of nitrogens with zero attached hydrogens (tertiary/aromatic N) is 2. The first-order chi connectivity index (χ1) is 17.4. The number of amides is 3. The van der Waals surface area contributed by atoms with E-state index >= 15 is 0 Å². The average molecular weight is 492 g/mol. The molecule has 0 radical (unpaired) electrons. The molecule has 3 amide bonds. The summed E-state index contributed by atoms with van der Waals surface area (Å²) < 4.78 is 5.07. The molecule has 9 heteroatoms. The molecule has 0 aromatic heterocycles. The van der Waals surface area contributed by atoms with Gasteiger partial charge in [-0.25, -0.2) is 15.2 Å². The average Bonchev–Trinajstić information content (AvgIpc) is 3.22. The smallest absolute Gasteiger partial charge is 0.409 e. The predicted molar refractivity (Wildman–Crippen MR) is 137 cm³/mol. The van der Waals surface area contributed by atoms with E-state index in [1.807, 2.05) is 43.3 Å². The summed E-state index contributed by atoms with van der Waals surface area (Å²) in [4.78, 5) is 39.9. The molecule has 2 aromatic rings. The van der Waals surface area contributed by atoms with Gasteiger partial charge in [0.2, 0.25) is 5.91 Å². The van der Waals surface area contributed by atoms with E-state index in [9.17, 15) is 14.4 Å². The first kappa shape index (κ1) is 24.1. The van der Waals surface area contributed by atoms with Crippen LogP contribution in [0.1, 0.15) is 52.9 Å². The fourth-order valence-electron chi connectivity index (χ4n) is 5.19. The Morgan fingerprint density at radius 1 is 1.08 bits per heavy atom. The van der Waals surface area contributed by atoms with Crippen LogP contribution >= 0.6 is 0 Å². The highest BCUT2D eigenvalue weighted by molar-refractivity contribution is 5.99. The Hall–Kier alpha value is -3.59. The van der Waals surface area contributed by atoms with Gasteiger partial charge >= 0.3 is 6.09 Å². The number of carbonyl (C=O) groups is 3. The highest BCUT2D eigenvalue weighted by atomic mass is 16.6. The summed E-state index contributed by atoms with van der Waals surface area (Å²) in [5.41, 5.74) is 8.92. The van der Waals surface area contributed by atoms with Gasteiger partial charge in [0.05, 0.1) is 24.3 Å². The fourth-order valence-corrected chi connectivity index (χ4v) is 5.19. The van der Waals surface area contributed by atoms with E-state index in [1.165, 1.54) is 5.56 Å². The molecule has 2 atom stereocenters. The van der Waals surface area contributed by atoms with E-state index in [4.69, 9.17) is 4.74 Å². The number of hydrogen-bond acceptors (Lipinski definition) is 6. The lowest BCUT2D eigenvalue weighted by atomic mass is 9.88. The molecule has 3 N–H and O–H groups in total. The summed E-state index contributed by atoms with van der Waals surface area (Å²) in [6.45, 7) is 7.88. The van der Waals surface area contributed by atoms with Crippen LogP contribution in [0.25, 0.3) is 0 Å². The summed E-state index contributed by atoms with van der Waals surface area (Å²) in [5, 5.41) is 8.12. The number of anilines is 2. The quantitative estimate of drug-likeness (QED) is 0.607. The lowest BCUT2D eigenvalue weighted by Crippen LogP contribution is -2.46. The van der Waals surface area contributed by atoms with Gasteiger partial charge in [-0.1, -0.05) is 6.07 Å². The van der Waals surface area contributed by atoms with Gasteiger partial charge in [-0.3, -0.25) is 9.59 Å². The maximum absolute atomic E-state index is 13.3. The Balaban J connectivity index is 1.28. The lowest BCUT2D eigenvalue weighted by molar-refractivity contribution is -0.120. The molecular weight excluding hydrogens is 458 g/mol. The third kappa shape index (κ3) is 4.51. The van der Waals surface area contributed by atoms with Crippen LogP contribution < -0.4 is 21.1 Å². The van der Waals surface area contributed by atoms with Crippen molar-refractivity contribution in [3.05, 3.63) is 58.7 Å². The molecule has 3 aliphatic heterocycles. The molecule has 2 unspecified atom stereocenters. The molecular formula is C27H33N5O4. The number of ether oxygens (including phenoxy) is 1. The first-order valence-electron chi connectivity index (χ1n) is 12.6. The van der Waals surface area contributed by atoms with E-state index in [0.29, 0.717) is 44.6 Å². The van der Waals surface area contributed by atoms with Crippen molar-refractivity contribution in [1.29, 1.82) is 0 Å². The number of benzene rings is 2. The zero-order chi connectivity index (χ0) is 25.4. The van der Waals surface area contributed by atoms with Crippen LogP contribution in [0.15, 0.2) is 36.4 Å². The summed E-state index contributed by atoms with van der Waals surface area (Å²) in [6, 6.07) is 11.4. The van der Waals surface area contributed by atoms with Gasteiger partial charge in [0, 0.05) is 36.9 Å². The minimum absolute atomic E-state index is 0.00321. The molecule has 3 aliphatic rings. The normalized spacial score (nSPS) is 21.5. The summed E-state index contributed by atoms with van der Waals surface area (Å²) >= 11 is 0. The van der Waals surface area contributed by atoms with Gasteiger partial charge in [0.25, 0.3) is 5.91 Å². The second-order valence-corrected chi connectivity index (χ2v) is 9.77. The number of piperidine rings is 1. The molecule has 0 saturated carbocycles. The Kier molecular flexibility index (Phi) is 6.57. The standard InChI is InChI=1S/C27H33N5O4/c1-4-36-27(35)31-11-9-19(10-12-31)29-25(33)18-6-8-23-21(14-18)24-22(15-28-23)26(34)32(30-24)20-7-5-16(2)17(3)13-20/h5-8,13-14,19,22,24,28,30H,4,9-12,15H2,1-3H3,(H,29,33). The van der Waals surface area contributed by atoms with Crippen molar-refractivity contribution in [1.82, 2.24) is 15.6 Å². The molecule has 2 fully saturated rings.